The van der Waals surface area contributed by atoms with E-state index in [1.807, 2.05) is 0 Å². The fourth-order valence-corrected chi connectivity index (χ4v) is 2.08. The first-order valence-corrected chi connectivity index (χ1v) is 4.87. The van der Waals surface area contributed by atoms with Crippen molar-refractivity contribution in [2.45, 2.75) is 6.04 Å². The van der Waals surface area contributed by atoms with Crippen LogP contribution in [0.2, 0.25) is 0 Å². The Kier molecular flexibility index (Phi) is 2.21. The number of rotatable bonds is 1. The van der Waals surface area contributed by atoms with E-state index >= 15 is 0 Å². The maximum atomic E-state index is 3.47. The molecule has 3 heteroatoms. The van der Waals surface area contributed by atoms with E-state index in [-0.39, 0.29) is 0 Å². The first-order valence-electron chi connectivity index (χ1n) is 3.93. The van der Waals surface area contributed by atoms with Crippen molar-refractivity contribution < 1.29 is 0 Å². The zero-order valence-corrected chi connectivity index (χ0v) is 7.16. The van der Waals surface area contributed by atoms with Gasteiger partial charge in [0.25, 0.3) is 0 Å². The van der Waals surface area contributed by atoms with Gasteiger partial charge in [-0.25, -0.2) is 0 Å². The molecule has 2 N–H and O–H groups in total. The van der Waals surface area contributed by atoms with Gasteiger partial charge in [0.05, 0.1) is 0 Å². The van der Waals surface area contributed by atoms with E-state index < -0.39 is 0 Å². The summed E-state index contributed by atoms with van der Waals surface area (Å²) in [7, 11) is 0. The van der Waals surface area contributed by atoms with Crippen molar-refractivity contribution in [2.24, 2.45) is 0 Å². The van der Waals surface area contributed by atoms with Crippen LogP contribution in [0.4, 0.5) is 0 Å². The van der Waals surface area contributed by atoms with Crippen LogP contribution in [0.1, 0.15) is 11.6 Å². The van der Waals surface area contributed by atoms with Crippen molar-refractivity contribution in [3.05, 3.63) is 22.4 Å². The van der Waals surface area contributed by atoms with Crippen LogP contribution < -0.4 is 10.6 Å². The summed E-state index contributed by atoms with van der Waals surface area (Å²) in [6.07, 6.45) is 0. The van der Waals surface area contributed by atoms with E-state index in [1.54, 1.807) is 11.3 Å². The minimum Gasteiger partial charge on any atom is -0.314 e. The maximum Gasteiger partial charge on any atom is 0.0455 e. The topological polar surface area (TPSA) is 24.1 Å². The van der Waals surface area contributed by atoms with Crippen molar-refractivity contribution in [3.8, 4) is 0 Å². The van der Waals surface area contributed by atoms with Crippen LogP contribution in [-0.2, 0) is 0 Å². The average molecular weight is 168 g/mol. The van der Waals surface area contributed by atoms with E-state index in [2.05, 4.69) is 27.5 Å². The minimum atomic E-state index is 0.537. The molecule has 0 radical (unpaired) electrons. The molecule has 1 aliphatic heterocycles. The third-order valence-electron chi connectivity index (χ3n) is 1.99. The molecule has 2 nitrogen and oxygen atoms in total. The summed E-state index contributed by atoms with van der Waals surface area (Å²) in [6.45, 7) is 3.25. The first-order chi connectivity index (χ1) is 5.47. The monoisotopic (exact) mass is 168 g/mol. The van der Waals surface area contributed by atoms with E-state index in [1.165, 1.54) is 5.56 Å². The Bertz CT molecular complexity index is 202. The smallest absolute Gasteiger partial charge is 0.0455 e. The van der Waals surface area contributed by atoms with Crippen molar-refractivity contribution in [1.29, 1.82) is 0 Å². The lowest BCUT2D eigenvalue weighted by Gasteiger charge is -2.23. The normalized spacial score (nSPS) is 25.3. The summed E-state index contributed by atoms with van der Waals surface area (Å²) in [5, 5.41) is 11.2. The van der Waals surface area contributed by atoms with Crippen LogP contribution >= 0.6 is 11.3 Å². The molecule has 0 amide bonds. The Morgan fingerprint density at radius 2 is 2.45 bits per heavy atom. The highest BCUT2D eigenvalue weighted by molar-refractivity contribution is 7.07. The summed E-state index contributed by atoms with van der Waals surface area (Å²) < 4.78 is 0. The van der Waals surface area contributed by atoms with Crippen LogP contribution in [0.25, 0.3) is 0 Å². The molecule has 1 aromatic rings. The van der Waals surface area contributed by atoms with Gasteiger partial charge in [-0.2, -0.15) is 11.3 Å². The third-order valence-corrected chi connectivity index (χ3v) is 2.69. The van der Waals surface area contributed by atoms with Crippen LogP contribution in [0, 0.1) is 0 Å². The fraction of sp³-hybridized carbons (Fsp3) is 0.500. The van der Waals surface area contributed by atoms with Gasteiger partial charge in [-0.05, 0) is 22.4 Å². The molecule has 1 atom stereocenters. The largest absolute Gasteiger partial charge is 0.314 e. The van der Waals surface area contributed by atoms with Crippen LogP contribution in [0.3, 0.4) is 0 Å². The quantitative estimate of drug-likeness (QED) is 0.653. The minimum absolute atomic E-state index is 0.537. The third kappa shape index (κ3) is 1.61. The molecule has 2 heterocycles. The van der Waals surface area contributed by atoms with E-state index in [0.29, 0.717) is 6.04 Å². The van der Waals surface area contributed by atoms with Gasteiger partial charge in [-0.1, -0.05) is 0 Å². The van der Waals surface area contributed by atoms with Gasteiger partial charge in [-0.3, -0.25) is 0 Å². The number of hydrogen-bond acceptors (Lipinski definition) is 3. The van der Waals surface area contributed by atoms with Gasteiger partial charge in [0.2, 0.25) is 0 Å². The van der Waals surface area contributed by atoms with Crippen LogP contribution in [-0.4, -0.2) is 19.6 Å². The molecule has 1 saturated heterocycles. The lowest BCUT2D eigenvalue weighted by Crippen LogP contribution is -2.42. The molecular formula is C8H12N2S. The van der Waals surface area contributed by atoms with Gasteiger partial charge in [0.1, 0.15) is 0 Å². The highest BCUT2D eigenvalue weighted by atomic mass is 32.1. The first kappa shape index (κ1) is 7.28. The Hall–Kier alpha value is -0.380. The summed E-state index contributed by atoms with van der Waals surface area (Å²) in [5.41, 5.74) is 1.42. The van der Waals surface area contributed by atoms with Gasteiger partial charge >= 0.3 is 0 Å². The van der Waals surface area contributed by atoms with Crippen LogP contribution in [0.5, 0.6) is 0 Å². The maximum absolute atomic E-state index is 3.47. The number of piperazine rings is 1. The van der Waals surface area contributed by atoms with Gasteiger partial charge in [0.15, 0.2) is 0 Å². The van der Waals surface area contributed by atoms with Crippen molar-refractivity contribution in [2.75, 3.05) is 19.6 Å². The Labute approximate surface area is 70.6 Å². The molecule has 0 aliphatic carbocycles. The van der Waals surface area contributed by atoms with Crippen molar-refractivity contribution >= 4 is 11.3 Å². The SMILES string of the molecule is c1cc(C2CNCCN2)cs1. The molecule has 1 aromatic heterocycles. The highest BCUT2D eigenvalue weighted by Gasteiger charge is 2.13. The zero-order chi connectivity index (χ0) is 7.52. The van der Waals surface area contributed by atoms with Crippen molar-refractivity contribution in [1.82, 2.24) is 10.6 Å². The summed E-state index contributed by atoms with van der Waals surface area (Å²) in [4.78, 5) is 0. The molecule has 60 valence electrons. The van der Waals surface area contributed by atoms with Crippen LogP contribution in [0.15, 0.2) is 16.8 Å². The standard InChI is InChI=1S/C8H12N2S/c1-4-11-6-7(1)8-5-9-2-3-10-8/h1,4,6,8-10H,2-3,5H2. The van der Waals surface area contributed by atoms with Gasteiger partial charge < -0.3 is 10.6 Å². The Balaban J connectivity index is 2.04. The molecule has 11 heavy (non-hydrogen) atoms. The number of nitrogens with one attached hydrogen (secondary N) is 2. The average Bonchev–Trinajstić information content (AvgIpc) is 2.58. The number of hydrogen-bond donors (Lipinski definition) is 2. The zero-order valence-electron chi connectivity index (χ0n) is 6.34. The molecule has 0 spiro atoms. The van der Waals surface area contributed by atoms with Gasteiger partial charge in [0, 0.05) is 25.7 Å². The van der Waals surface area contributed by atoms with E-state index in [4.69, 9.17) is 0 Å². The van der Waals surface area contributed by atoms with Crippen molar-refractivity contribution in [3.63, 3.8) is 0 Å². The Morgan fingerprint density at radius 3 is 3.09 bits per heavy atom. The van der Waals surface area contributed by atoms with E-state index in [0.717, 1.165) is 19.6 Å². The lowest BCUT2D eigenvalue weighted by atomic mass is 10.1. The summed E-state index contributed by atoms with van der Waals surface area (Å²) in [6, 6.07) is 2.73. The molecule has 1 fully saturated rings. The molecule has 1 unspecified atom stereocenters. The number of thiophene rings is 1. The molecule has 1 aliphatic rings. The second-order valence-corrected chi connectivity index (χ2v) is 3.55. The molecule has 2 rings (SSSR count). The van der Waals surface area contributed by atoms with E-state index in [9.17, 15) is 0 Å². The lowest BCUT2D eigenvalue weighted by molar-refractivity contribution is 0.431. The van der Waals surface area contributed by atoms with Gasteiger partial charge in [-0.15, -0.1) is 0 Å². The second-order valence-electron chi connectivity index (χ2n) is 2.77. The summed E-state index contributed by atoms with van der Waals surface area (Å²) >= 11 is 1.77. The predicted molar refractivity (Wildman–Crippen MR) is 47.9 cm³/mol. The molecule has 0 bridgehead atoms. The predicted octanol–water partition coefficient (Wildman–Crippen LogP) is 0.982. The molecule has 0 saturated carbocycles. The molecular weight excluding hydrogens is 156 g/mol. The second kappa shape index (κ2) is 3.34. The fourth-order valence-electron chi connectivity index (χ4n) is 1.36. The molecule has 0 aromatic carbocycles. The summed E-state index contributed by atoms with van der Waals surface area (Å²) in [5.74, 6) is 0. The Morgan fingerprint density at radius 1 is 1.45 bits per heavy atom. The highest BCUT2D eigenvalue weighted by Crippen LogP contribution is 2.16.